The third-order valence-corrected chi connectivity index (χ3v) is 3.77. The molecule has 0 aliphatic carbocycles. The number of rotatable bonds is 2. The van der Waals surface area contributed by atoms with E-state index in [9.17, 15) is 4.39 Å². The quantitative estimate of drug-likeness (QED) is 0.791. The molecule has 1 heterocycles. The van der Waals surface area contributed by atoms with E-state index in [1.54, 1.807) is 22.0 Å². The van der Waals surface area contributed by atoms with Crippen molar-refractivity contribution in [2.75, 3.05) is 4.90 Å². The van der Waals surface area contributed by atoms with Crippen LogP contribution in [0.4, 0.5) is 10.1 Å². The zero-order valence-corrected chi connectivity index (χ0v) is 14.0. The van der Waals surface area contributed by atoms with Gasteiger partial charge in [0.05, 0.1) is 10.6 Å². The first-order chi connectivity index (χ1) is 10.9. The molecule has 0 bridgehead atoms. The number of benzene rings is 2. The van der Waals surface area contributed by atoms with E-state index in [1.165, 1.54) is 12.1 Å². The predicted molar refractivity (Wildman–Crippen MR) is 91.7 cm³/mol. The zero-order chi connectivity index (χ0) is 16.6. The summed E-state index contributed by atoms with van der Waals surface area (Å²) in [6.45, 7) is 9.35. The molecule has 1 aliphatic heterocycles. The molecule has 3 nitrogen and oxygen atoms in total. The summed E-state index contributed by atoms with van der Waals surface area (Å²) in [4.78, 5) is 1.80. The highest BCUT2D eigenvalue weighted by molar-refractivity contribution is 6.35. The summed E-state index contributed by atoms with van der Waals surface area (Å²) < 4.78 is 13.2. The maximum absolute atomic E-state index is 13.2. The number of hydrazone groups is 1. The highest BCUT2D eigenvalue weighted by atomic mass is 35.5. The van der Waals surface area contributed by atoms with Gasteiger partial charge in [0.2, 0.25) is 6.67 Å². The predicted octanol–water partition coefficient (Wildman–Crippen LogP) is 4.76. The molecule has 5 heteroatoms. The Hall–Kier alpha value is -2.07. The van der Waals surface area contributed by atoms with Crippen molar-refractivity contribution < 1.29 is 4.39 Å². The molecule has 2 aromatic carbocycles. The second kappa shape index (κ2) is 5.85. The number of anilines is 1. The number of amidine groups is 1. The highest BCUT2D eigenvalue weighted by Crippen LogP contribution is 2.32. The molecule has 0 saturated heterocycles. The van der Waals surface area contributed by atoms with Crippen molar-refractivity contribution in [2.24, 2.45) is 5.10 Å². The summed E-state index contributed by atoms with van der Waals surface area (Å²) in [5, 5.41) is 7.02. The van der Waals surface area contributed by atoms with Gasteiger partial charge in [-0.15, -0.1) is 0 Å². The van der Waals surface area contributed by atoms with Gasteiger partial charge in [0.25, 0.3) is 0 Å². The maximum Gasteiger partial charge on any atom is 0.233 e. The molecule has 0 amide bonds. The van der Waals surface area contributed by atoms with Crippen molar-refractivity contribution >= 4 is 23.1 Å². The lowest BCUT2D eigenvalue weighted by Gasteiger charge is -2.29. The van der Waals surface area contributed by atoms with Crippen LogP contribution < -0.4 is 4.90 Å². The maximum atomic E-state index is 13.2. The molecule has 0 fully saturated rings. The van der Waals surface area contributed by atoms with Crippen LogP contribution in [-0.4, -0.2) is 16.4 Å². The number of hydrogen-bond donors (Lipinski definition) is 0. The van der Waals surface area contributed by atoms with Crippen molar-refractivity contribution in [3.05, 3.63) is 71.6 Å². The van der Waals surface area contributed by atoms with Gasteiger partial charge in [0.15, 0.2) is 5.84 Å². The van der Waals surface area contributed by atoms with Crippen molar-refractivity contribution in [1.82, 2.24) is 5.01 Å². The molecule has 2 radical (unpaired) electrons. The van der Waals surface area contributed by atoms with E-state index in [4.69, 9.17) is 11.6 Å². The van der Waals surface area contributed by atoms with Crippen LogP contribution in [0.1, 0.15) is 26.3 Å². The van der Waals surface area contributed by atoms with Gasteiger partial charge in [-0.2, -0.15) is 5.10 Å². The fourth-order valence-corrected chi connectivity index (χ4v) is 2.41. The van der Waals surface area contributed by atoms with E-state index in [-0.39, 0.29) is 11.4 Å². The Kier molecular flexibility index (Phi) is 4.02. The second-order valence-electron chi connectivity index (χ2n) is 6.30. The topological polar surface area (TPSA) is 18.8 Å². The van der Waals surface area contributed by atoms with Gasteiger partial charge >= 0.3 is 0 Å². The third kappa shape index (κ3) is 3.17. The van der Waals surface area contributed by atoms with Crippen LogP contribution >= 0.6 is 11.6 Å². The van der Waals surface area contributed by atoms with E-state index >= 15 is 0 Å². The minimum atomic E-state index is -0.281. The molecule has 23 heavy (non-hydrogen) atoms. The average Bonchev–Trinajstić information content (AvgIpc) is 2.93. The smallest absolute Gasteiger partial charge is 0.233 e. The van der Waals surface area contributed by atoms with Gasteiger partial charge in [0.1, 0.15) is 5.82 Å². The van der Waals surface area contributed by atoms with Crippen LogP contribution in [0.25, 0.3) is 0 Å². The monoisotopic (exact) mass is 329 g/mol. The fourth-order valence-electron chi connectivity index (χ4n) is 2.19. The van der Waals surface area contributed by atoms with Crippen LogP contribution in [-0.2, 0) is 0 Å². The average molecular weight is 330 g/mol. The normalized spacial score (nSPS) is 15.1. The molecular weight excluding hydrogens is 313 g/mol. The first-order valence-electron chi connectivity index (χ1n) is 7.32. The molecule has 2 aromatic rings. The highest BCUT2D eigenvalue weighted by Gasteiger charge is 2.34. The molecule has 118 valence electrons. The van der Waals surface area contributed by atoms with Crippen molar-refractivity contribution in [3.8, 4) is 0 Å². The second-order valence-corrected chi connectivity index (χ2v) is 6.71. The first kappa shape index (κ1) is 15.8. The Balaban J connectivity index is 2.06. The standard InChI is InChI=1S/C18H17ClFN3/c1-18(2,3)23-12-22(14-10-8-13(20)9-11-14)17(21-23)15-6-4-5-7-16(15)19/h4-11H,1-3H3. The summed E-state index contributed by atoms with van der Waals surface area (Å²) in [6, 6.07) is 13.7. The molecule has 0 atom stereocenters. The largest absolute Gasteiger partial charge is 0.291 e. The third-order valence-electron chi connectivity index (χ3n) is 3.44. The van der Waals surface area contributed by atoms with Gasteiger partial charge in [-0.05, 0) is 57.2 Å². The van der Waals surface area contributed by atoms with Crippen LogP contribution in [0.3, 0.4) is 0 Å². The molecule has 3 rings (SSSR count). The Morgan fingerprint density at radius 3 is 2.30 bits per heavy atom. The Morgan fingerprint density at radius 2 is 1.70 bits per heavy atom. The van der Waals surface area contributed by atoms with Gasteiger partial charge < -0.3 is 0 Å². The van der Waals surface area contributed by atoms with E-state index < -0.39 is 0 Å². The summed E-state index contributed by atoms with van der Waals surface area (Å²) in [6.07, 6.45) is 0. The van der Waals surface area contributed by atoms with E-state index in [2.05, 4.69) is 11.8 Å². The molecule has 1 aliphatic rings. The van der Waals surface area contributed by atoms with Crippen LogP contribution in [0.5, 0.6) is 0 Å². The summed E-state index contributed by atoms with van der Waals surface area (Å²) in [5.74, 6) is 0.383. The van der Waals surface area contributed by atoms with E-state index in [1.807, 2.05) is 45.0 Å². The van der Waals surface area contributed by atoms with Crippen LogP contribution in [0, 0.1) is 12.5 Å². The Labute approximate surface area is 141 Å². The summed E-state index contributed by atoms with van der Waals surface area (Å²) in [5.41, 5.74) is 1.34. The SMILES string of the molecule is CC(C)(C)N1[C]N(c2ccc(F)cc2)C(c2ccccc2Cl)=N1. The molecule has 0 unspecified atom stereocenters. The lowest BCUT2D eigenvalue weighted by Crippen LogP contribution is -2.36. The molecule has 0 N–H and O–H groups in total. The first-order valence-corrected chi connectivity index (χ1v) is 7.70. The minimum Gasteiger partial charge on any atom is -0.291 e. The number of halogens is 2. The molecule has 0 aromatic heterocycles. The Bertz CT molecular complexity index is 735. The minimum absolute atomic E-state index is 0.235. The van der Waals surface area contributed by atoms with Gasteiger partial charge in [0, 0.05) is 11.3 Å². The van der Waals surface area contributed by atoms with Gasteiger partial charge in [-0.3, -0.25) is 9.91 Å². The van der Waals surface area contributed by atoms with Gasteiger partial charge in [-0.1, -0.05) is 23.7 Å². The van der Waals surface area contributed by atoms with Gasteiger partial charge in [-0.25, -0.2) is 4.39 Å². The van der Waals surface area contributed by atoms with E-state index in [0.29, 0.717) is 10.9 Å². The molecular formula is C18H17ClFN3. The molecule has 0 spiro atoms. The van der Waals surface area contributed by atoms with Crippen LogP contribution in [0.2, 0.25) is 5.02 Å². The van der Waals surface area contributed by atoms with Crippen molar-refractivity contribution in [2.45, 2.75) is 26.3 Å². The number of nitrogens with zero attached hydrogens (tertiary/aromatic N) is 3. The van der Waals surface area contributed by atoms with E-state index in [0.717, 1.165) is 11.3 Å². The molecule has 0 saturated carbocycles. The fraction of sp³-hybridized carbons (Fsp3) is 0.222. The summed E-state index contributed by atoms with van der Waals surface area (Å²) in [7, 11) is 0. The zero-order valence-electron chi connectivity index (χ0n) is 13.2. The Morgan fingerprint density at radius 1 is 1.04 bits per heavy atom. The van der Waals surface area contributed by atoms with Crippen molar-refractivity contribution in [3.63, 3.8) is 0 Å². The lowest BCUT2D eigenvalue weighted by atomic mass is 10.1. The lowest BCUT2D eigenvalue weighted by molar-refractivity contribution is 0.196. The summed E-state index contributed by atoms with van der Waals surface area (Å²) >= 11 is 6.33. The number of hydrogen-bond acceptors (Lipinski definition) is 3. The van der Waals surface area contributed by atoms with Crippen LogP contribution in [0.15, 0.2) is 53.6 Å². The van der Waals surface area contributed by atoms with Crippen molar-refractivity contribution in [1.29, 1.82) is 0 Å².